The Hall–Kier alpha value is -2.12. The molecule has 4 aromatic rings. The van der Waals surface area contributed by atoms with Crippen molar-refractivity contribution in [2.45, 2.75) is 37.0 Å². The summed E-state index contributed by atoms with van der Waals surface area (Å²) < 4.78 is 6.85. The molecule has 0 aliphatic carbocycles. The molecule has 0 aliphatic rings. The molecule has 0 aromatic heterocycles. The largest absolute Gasteiger partial charge is 0.346 e. The molecule has 0 spiro atoms. The molecule has 0 bridgehead atoms. The van der Waals surface area contributed by atoms with Crippen molar-refractivity contribution < 1.29 is 4.52 Å². The van der Waals surface area contributed by atoms with Crippen LogP contribution in [0, 0.1) is 5.92 Å². The van der Waals surface area contributed by atoms with Gasteiger partial charge in [-0.2, -0.15) is 0 Å². The highest BCUT2D eigenvalue weighted by Gasteiger charge is 2.27. The highest BCUT2D eigenvalue weighted by molar-refractivity contribution is 8.00. The number of rotatable bonds is 8. The van der Waals surface area contributed by atoms with Crippen LogP contribution in [0.15, 0.2) is 108 Å². The molecule has 0 N–H and O–H groups in total. The second-order valence-electron chi connectivity index (χ2n) is 8.11. The maximum absolute atomic E-state index is 6.85. The minimum atomic E-state index is -0.864. The van der Waals surface area contributed by atoms with E-state index in [2.05, 4.69) is 124 Å². The highest BCUT2D eigenvalue weighted by atomic mass is 32.2. The van der Waals surface area contributed by atoms with Gasteiger partial charge in [0.25, 0.3) is 0 Å². The lowest BCUT2D eigenvalue weighted by molar-refractivity contribution is 0.228. The minimum Gasteiger partial charge on any atom is -0.346 e. The number of thioether (sulfide) groups is 1. The van der Waals surface area contributed by atoms with Gasteiger partial charge in [-0.15, -0.1) is 11.8 Å². The fourth-order valence-electron chi connectivity index (χ4n) is 3.80. The van der Waals surface area contributed by atoms with Crippen molar-refractivity contribution in [2.75, 3.05) is 0 Å². The average molecular weight is 445 g/mol. The van der Waals surface area contributed by atoms with E-state index in [1.54, 1.807) is 0 Å². The van der Waals surface area contributed by atoms with Gasteiger partial charge in [0, 0.05) is 20.8 Å². The van der Waals surface area contributed by atoms with Crippen molar-refractivity contribution in [3.63, 3.8) is 0 Å². The molecular weight excluding hydrogens is 415 g/mol. The van der Waals surface area contributed by atoms with Gasteiger partial charge in [-0.1, -0.05) is 105 Å². The Bertz CT molecular complexity index is 1060. The van der Waals surface area contributed by atoms with Gasteiger partial charge in [0.2, 0.25) is 0 Å². The van der Waals surface area contributed by atoms with E-state index in [1.165, 1.54) is 26.3 Å². The first-order valence-corrected chi connectivity index (χ1v) is 13.0. The van der Waals surface area contributed by atoms with Crippen LogP contribution >= 0.6 is 19.9 Å². The van der Waals surface area contributed by atoms with Crippen molar-refractivity contribution >= 4 is 41.3 Å². The van der Waals surface area contributed by atoms with E-state index in [4.69, 9.17) is 4.52 Å². The summed E-state index contributed by atoms with van der Waals surface area (Å²) in [6, 6.07) is 36.6. The molecule has 0 fully saturated rings. The number of hydrogen-bond donors (Lipinski definition) is 0. The van der Waals surface area contributed by atoms with E-state index in [1.807, 2.05) is 11.8 Å². The van der Waals surface area contributed by atoms with Gasteiger partial charge >= 0.3 is 0 Å². The summed E-state index contributed by atoms with van der Waals surface area (Å²) in [7, 11) is -0.864. The van der Waals surface area contributed by atoms with Crippen LogP contribution < -0.4 is 10.6 Å². The topological polar surface area (TPSA) is 9.23 Å². The zero-order valence-corrected chi connectivity index (χ0v) is 20.0. The van der Waals surface area contributed by atoms with Crippen LogP contribution in [0.3, 0.4) is 0 Å². The molecule has 3 heteroatoms. The summed E-state index contributed by atoms with van der Waals surface area (Å²) >= 11 is 1.94. The van der Waals surface area contributed by atoms with Gasteiger partial charge in [0.15, 0.2) is 0 Å². The molecule has 31 heavy (non-hydrogen) atoms. The van der Waals surface area contributed by atoms with Gasteiger partial charge in [-0.3, -0.25) is 0 Å². The van der Waals surface area contributed by atoms with Crippen LogP contribution in [0.25, 0.3) is 10.8 Å². The Morgan fingerprint density at radius 2 is 1.19 bits per heavy atom. The molecule has 0 amide bonds. The van der Waals surface area contributed by atoms with Gasteiger partial charge in [0.1, 0.15) is 0 Å². The molecule has 0 unspecified atom stereocenters. The lowest BCUT2D eigenvalue weighted by Gasteiger charge is -2.31. The van der Waals surface area contributed by atoms with Crippen molar-refractivity contribution in [1.82, 2.24) is 0 Å². The zero-order chi connectivity index (χ0) is 21.6. The third-order valence-corrected chi connectivity index (χ3v) is 9.17. The molecule has 0 heterocycles. The third-order valence-electron chi connectivity index (χ3n) is 5.37. The van der Waals surface area contributed by atoms with Gasteiger partial charge in [-0.05, 0) is 35.7 Å². The zero-order valence-electron chi connectivity index (χ0n) is 18.3. The second kappa shape index (κ2) is 10.5. The van der Waals surface area contributed by atoms with Gasteiger partial charge in [0.05, 0.1) is 14.3 Å². The maximum atomic E-state index is 6.85. The highest BCUT2D eigenvalue weighted by Crippen LogP contribution is 2.41. The second-order valence-corrected chi connectivity index (χ2v) is 11.2. The first-order valence-electron chi connectivity index (χ1n) is 10.8. The third kappa shape index (κ3) is 5.57. The normalized spacial score (nSPS) is 13.6. The first kappa shape index (κ1) is 22.1. The summed E-state index contributed by atoms with van der Waals surface area (Å²) in [4.78, 5) is 1.30. The molecule has 0 saturated carbocycles. The van der Waals surface area contributed by atoms with Crippen LogP contribution in [0.2, 0.25) is 0 Å². The van der Waals surface area contributed by atoms with E-state index < -0.39 is 8.15 Å². The minimum absolute atomic E-state index is 0.114. The molecule has 1 nitrogen and oxygen atoms in total. The lowest BCUT2D eigenvalue weighted by Crippen LogP contribution is -2.29. The Balaban J connectivity index is 1.58. The molecule has 4 aromatic carbocycles. The quantitative estimate of drug-likeness (QED) is 0.207. The Morgan fingerprint density at radius 3 is 1.77 bits per heavy atom. The van der Waals surface area contributed by atoms with E-state index in [0.717, 1.165) is 0 Å². The fraction of sp³-hybridized carbons (Fsp3) is 0.214. The van der Waals surface area contributed by atoms with Crippen LogP contribution in [0.4, 0.5) is 0 Å². The molecule has 0 radical (unpaired) electrons. The summed E-state index contributed by atoms with van der Waals surface area (Å²) in [6.07, 6.45) is 0.114. The smallest absolute Gasteiger partial charge is 0.0922 e. The summed E-state index contributed by atoms with van der Waals surface area (Å²) in [5.74, 6) is 0.495. The first-order chi connectivity index (χ1) is 15.1. The van der Waals surface area contributed by atoms with E-state index in [0.29, 0.717) is 11.2 Å². The summed E-state index contributed by atoms with van der Waals surface area (Å²) in [5.41, 5.74) is 0. The average Bonchev–Trinajstić information content (AvgIpc) is 2.81. The van der Waals surface area contributed by atoms with Crippen LogP contribution in [0.1, 0.15) is 20.8 Å². The fourth-order valence-corrected chi connectivity index (χ4v) is 6.94. The van der Waals surface area contributed by atoms with Crippen molar-refractivity contribution in [1.29, 1.82) is 0 Å². The van der Waals surface area contributed by atoms with Crippen LogP contribution in [0.5, 0.6) is 0 Å². The molecule has 4 rings (SSSR count). The predicted octanol–water partition coefficient (Wildman–Crippen LogP) is 7.41. The summed E-state index contributed by atoms with van der Waals surface area (Å²) in [6.45, 7) is 6.83. The van der Waals surface area contributed by atoms with Crippen molar-refractivity contribution in [3.05, 3.63) is 103 Å². The SMILES string of the molecule is CC(C)[C@@H](Sc1ccc2ccccc2c1)[C@H](C)OP(c1ccccc1)c1ccccc1. The monoisotopic (exact) mass is 444 g/mol. The van der Waals surface area contributed by atoms with E-state index in [9.17, 15) is 0 Å². The summed E-state index contributed by atoms with van der Waals surface area (Å²) in [5, 5.41) is 5.45. The molecule has 2 atom stereocenters. The maximum Gasteiger partial charge on any atom is 0.0922 e. The van der Waals surface area contributed by atoms with E-state index >= 15 is 0 Å². The van der Waals surface area contributed by atoms with E-state index in [-0.39, 0.29) is 6.10 Å². The predicted molar refractivity (Wildman–Crippen MR) is 138 cm³/mol. The Morgan fingerprint density at radius 1 is 0.645 bits per heavy atom. The Labute approximate surface area is 191 Å². The number of fused-ring (bicyclic) bond motifs is 1. The molecule has 0 saturated heterocycles. The lowest BCUT2D eigenvalue weighted by atomic mass is 10.1. The molecular formula is C28H29OPS. The molecule has 0 aliphatic heterocycles. The molecule has 158 valence electrons. The van der Waals surface area contributed by atoms with Gasteiger partial charge < -0.3 is 4.52 Å². The Kier molecular flexibility index (Phi) is 7.45. The number of hydrogen-bond acceptors (Lipinski definition) is 2. The van der Waals surface area contributed by atoms with Crippen LogP contribution in [-0.4, -0.2) is 11.4 Å². The standard InChI is InChI=1S/C28H29OPS/c1-21(2)28(31-27-19-18-23-12-10-11-13-24(23)20-27)22(3)29-30(25-14-6-4-7-15-25)26-16-8-5-9-17-26/h4-22,28H,1-3H3/t22-,28+/m0/s1. The van der Waals surface area contributed by atoms with Crippen molar-refractivity contribution in [2.24, 2.45) is 5.92 Å². The van der Waals surface area contributed by atoms with Crippen LogP contribution in [-0.2, 0) is 4.52 Å². The van der Waals surface area contributed by atoms with Gasteiger partial charge in [-0.25, -0.2) is 0 Å². The number of benzene rings is 4. The van der Waals surface area contributed by atoms with Crippen molar-refractivity contribution in [3.8, 4) is 0 Å².